The Morgan fingerprint density at radius 3 is 2.75 bits per heavy atom. The van der Waals surface area contributed by atoms with Gasteiger partial charge in [0.15, 0.2) is 4.21 Å². The molecule has 3 rings (SSSR count). The third-order valence-electron chi connectivity index (χ3n) is 2.67. The normalized spacial score (nSPS) is 11.7. The number of nitrogens with one attached hydrogen (secondary N) is 1. The van der Waals surface area contributed by atoms with E-state index in [1.807, 2.05) is 24.3 Å². The summed E-state index contributed by atoms with van der Waals surface area (Å²) in [4.78, 5) is 4.23. The van der Waals surface area contributed by atoms with Crippen molar-refractivity contribution in [3.63, 3.8) is 0 Å². The number of nitrogens with zero attached hydrogens (tertiary/aromatic N) is 1. The summed E-state index contributed by atoms with van der Waals surface area (Å²) in [6.45, 7) is 0. The zero-order valence-electron chi connectivity index (χ0n) is 10.1. The molecule has 0 aliphatic carbocycles. The van der Waals surface area contributed by atoms with Crippen LogP contribution in [0.1, 0.15) is 0 Å². The van der Waals surface area contributed by atoms with Crippen molar-refractivity contribution in [1.29, 1.82) is 0 Å². The van der Waals surface area contributed by atoms with Gasteiger partial charge in [-0.15, -0.1) is 11.3 Å². The number of hydrogen-bond donors (Lipinski definition) is 1. The molecule has 0 aliphatic rings. The topological polar surface area (TPSA) is 59.1 Å². The van der Waals surface area contributed by atoms with Gasteiger partial charge in [-0.25, -0.2) is 8.42 Å². The van der Waals surface area contributed by atoms with Gasteiger partial charge in [0.2, 0.25) is 0 Å². The van der Waals surface area contributed by atoms with Crippen molar-refractivity contribution in [2.24, 2.45) is 0 Å². The molecule has 0 spiro atoms. The highest BCUT2D eigenvalue weighted by atomic mass is 79.9. The molecule has 1 aromatic carbocycles. The Bertz CT molecular complexity index is 875. The SMILES string of the molecule is O=S(=O)(Nc1cnc2ccccc2c1)c1sccc1Br. The summed E-state index contributed by atoms with van der Waals surface area (Å²) in [5.74, 6) is 0. The predicted octanol–water partition coefficient (Wildman–Crippen LogP) is 3.86. The van der Waals surface area contributed by atoms with Gasteiger partial charge in [0.25, 0.3) is 10.0 Å². The van der Waals surface area contributed by atoms with E-state index in [0.29, 0.717) is 10.2 Å². The molecule has 0 amide bonds. The number of pyridine rings is 1. The smallest absolute Gasteiger partial charge is 0.272 e. The van der Waals surface area contributed by atoms with Gasteiger partial charge in [-0.2, -0.15) is 0 Å². The van der Waals surface area contributed by atoms with E-state index in [9.17, 15) is 8.42 Å². The van der Waals surface area contributed by atoms with E-state index in [4.69, 9.17) is 0 Å². The number of anilines is 1. The minimum atomic E-state index is -3.59. The molecule has 2 aromatic heterocycles. The van der Waals surface area contributed by atoms with Crippen molar-refractivity contribution in [2.45, 2.75) is 4.21 Å². The standard InChI is InChI=1S/C13H9BrN2O2S2/c14-11-5-6-19-13(11)20(17,18)16-10-7-9-3-1-2-4-12(9)15-8-10/h1-8,16H. The fourth-order valence-electron chi connectivity index (χ4n) is 1.80. The highest BCUT2D eigenvalue weighted by Gasteiger charge is 2.19. The lowest BCUT2D eigenvalue weighted by Crippen LogP contribution is -2.12. The maximum atomic E-state index is 12.3. The number of aromatic nitrogens is 1. The average Bonchev–Trinajstić information content (AvgIpc) is 2.85. The number of benzene rings is 1. The molecule has 1 N–H and O–H groups in total. The first-order chi connectivity index (χ1) is 9.56. The molecule has 0 bridgehead atoms. The first-order valence-electron chi connectivity index (χ1n) is 5.67. The van der Waals surface area contributed by atoms with Crippen molar-refractivity contribution in [2.75, 3.05) is 4.72 Å². The summed E-state index contributed by atoms with van der Waals surface area (Å²) in [5.41, 5.74) is 1.27. The minimum absolute atomic E-state index is 0.255. The van der Waals surface area contributed by atoms with Crippen LogP contribution in [-0.4, -0.2) is 13.4 Å². The molecule has 2 heterocycles. The summed E-state index contributed by atoms with van der Waals surface area (Å²) in [7, 11) is -3.59. The van der Waals surface area contributed by atoms with Crippen molar-refractivity contribution >= 4 is 53.9 Å². The zero-order chi connectivity index (χ0) is 14.2. The fourth-order valence-corrected chi connectivity index (χ4v) is 5.17. The Morgan fingerprint density at radius 2 is 2.00 bits per heavy atom. The van der Waals surface area contributed by atoms with Gasteiger partial charge in [0.05, 0.1) is 17.4 Å². The molecule has 3 aromatic rings. The molecule has 0 saturated carbocycles. The third-order valence-corrected chi connectivity index (χ3v) is 6.72. The van der Waals surface area contributed by atoms with Crippen LogP contribution in [0.5, 0.6) is 0 Å². The van der Waals surface area contributed by atoms with Gasteiger partial charge in [0, 0.05) is 9.86 Å². The Labute approximate surface area is 128 Å². The molecule has 0 aliphatic heterocycles. The van der Waals surface area contributed by atoms with Crippen molar-refractivity contribution < 1.29 is 8.42 Å². The summed E-state index contributed by atoms with van der Waals surface area (Å²) in [6.07, 6.45) is 1.52. The van der Waals surface area contributed by atoms with E-state index < -0.39 is 10.0 Å². The molecule has 4 nitrogen and oxygen atoms in total. The molecular weight excluding hydrogens is 360 g/mol. The molecule has 0 atom stereocenters. The Balaban J connectivity index is 1.99. The molecule has 0 fully saturated rings. The lowest BCUT2D eigenvalue weighted by Gasteiger charge is -2.07. The second-order valence-corrected chi connectivity index (χ2v) is 7.73. The first-order valence-corrected chi connectivity index (χ1v) is 8.82. The van der Waals surface area contributed by atoms with E-state index in [0.717, 1.165) is 22.2 Å². The number of hydrogen-bond acceptors (Lipinski definition) is 4. The first kappa shape index (κ1) is 13.5. The van der Waals surface area contributed by atoms with Crippen LogP contribution in [0, 0.1) is 0 Å². The second-order valence-electron chi connectivity index (χ2n) is 4.08. The van der Waals surface area contributed by atoms with Gasteiger partial charge >= 0.3 is 0 Å². The van der Waals surface area contributed by atoms with Gasteiger partial charge in [-0.1, -0.05) is 18.2 Å². The fraction of sp³-hybridized carbons (Fsp3) is 0. The van der Waals surface area contributed by atoms with Gasteiger partial charge in [-0.3, -0.25) is 9.71 Å². The lowest BCUT2D eigenvalue weighted by molar-refractivity contribution is 0.603. The van der Waals surface area contributed by atoms with Crippen molar-refractivity contribution in [3.05, 3.63) is 52.4 Å². The summed E-state index contributed by atoms with van der Waals surface area (Å²) in [6, 6.07) is 11.0. The molecule has 0 radical (unpaired) electrons. The highest BCUT2D eigenvalue weighted by Crippen LogP contribution is 2.29. The van der Waals surface area contributed by atoms with E-state index >= 15 is 0 Å². The van der Waals surface area contributed by atoms with E-state index in [2.05, 4.69) is 25.6 Å². The molecule has 0 unspecified atom stereocenters. The van der Waals surface area contributed by atoms with Crippen LogP contribution in [-0.2, 0) is 10.0 Å². The van der Waals surface area contributed by atoms with E-state index in [1.165, 1.54) is 6.20 Å². The van der Waals surface area contributed by atoms with Crippen LogP contribution in [0.2, 0.25) is 0 Å². The van der Waals surface area contributed by atoms with Crippen molar-refractivity contribution in [3.8, 4) is 0 Å². The van der Waals surface area contributed by atoms with Crippen LogP contribution in [0.15, 0.2) is 56.7 Å². The van der Waals surface area contributed by atoms with Crippen LogP contribution >= 0.6 is 27.3 Å². The second kappa shape index (κ2) is 5.16. The number of sulfonamides is 1. The maximum absolute atomic E-state index is 12.3. The minimum Gasteiger partial charge on any atom is -0.277 e. The number of para-hydroxylation sites is 1. The summed E-state index contributed by atoms with van der Waals surface area (Å²) < 4.78 is 27.9. The zero-order valence-corrected chi connectivity index (χ0v) is 13.3. The van der Waals surface area contributed by atoms with E-state index in [-0.39, 0.29) is 4.21 Å². The number of halogens is 1. The highest BCUT2D eigenvalue weighted by molar-refractivity contribution is 9.10. The van der Waals surface area contributed by atoms with Crippen LogP contribution in [0.25, 0.3) is 10.9 Å². The Morgan fingerprint density at radius 1 is 1.20 bits per heavy atom. The number of rotatable bonds is 3. The lowest BCUT2D eigenvalue weighted by atomic mass is 10.2. The van der Waals surface area contributed by atoms with Gasteiger partial charge in [-0.05, 0) is 39.5 Å². The molecule has 7 heteroatoms. The van der Waals surface area contributed by atoms with Crippen molar-refractivity contribution in [1.82, 2.24) is 4.98 Å². The quantitative estimate of drug-likeness (QED) is 0.763. The Hall–Kier alpha value is -1.44. The average molecular weight is 369 g/mol. The van der Waals surface area contributed by atoms with Gasteiger partial charge < -0.3 is 0 Å². The third kappa shape index (κ3) is 2.56. The summed E-state index contributed by atoms with van der Waals surface area (Å²) >= 11 is 4.39. The van der Waals surface area contributed by atoms with Crippen LogP contribution in [0.3, 0.4) is 0 Å². The predicted molar refractivity (Wildman–Crippen MR) is 84.6 cm³/mol. The summed E-state index contributed by atoms with van der Waals surface area (Å²) in [5, 5.41) is 2.61. The maximum Gasteiger partial charge on any atom is 0.272 e. The number of thiophene rings is 1. The Kier molecular flexibility index (Phi) is 3.49. The molecule has 0 saturated heterocycles. The molecule has 102 valence electrons. The largest absolute Gasteiger partial charge is 0.277 e. The van der Waals surface area contributed by atoms with Gasteiger partial charge in [0.1, 0.15) is 0 Å². The molecule has 20 heavy (non-hydrogen) atoms. The monoisotopic (exact) mass is 368 g/mol. The van der Waals surface area contributed by atoms with Crippen LogP contribution < -0.4 is 4.72 Å². The molecular formula is C13H9BrN2O2S2. The van der Waals surface area contributed by atoms with Crippen LogP contribution in [0.4, 0.5) is 5.69 Å². The number of fused-ring (bicyclic) bond motifs is 1. The van der Waals surface area contributed by atoms with E-state index in [1.54, 1.807) is 17.5 Å².